The fourth-order valence-corrected chi connectivity index (χ4v) is 4.13. The smallest absolute Gasteiger partial charge is 1.00 e. The Labute approximate surface area is 239 Å². The molecule has 0 bridgehead atoms. The van der Waals surface area contributed by atoms with Crippen molar-refractivity contribution in [1.29, 1.82) is 0 Å². The van der Waals surface area contributed by atoms with Gasteiger partial charge >= 0.3 is 20.1 Å². The predicted octanol–water partition coefficient (Wildman–Crippen LogP) is 6.36. The number of hydrogen-bond acceptors (Lipinski definition) is 1. The maximum absolute atomic E-state index is 4.22. The molecule has 2 fully saturated rings. The van der Waals surface area contributed by atoms with Crippen LogP contribution in [0.4, 0.5) is 0 Å². The molecule has 0 heterocycles. The Morgan fingerprint density at radius 2 is 0.706 bits per heavy atom. The summed E-state index contributed by atoms with van der Waals surface area (Å²) in [7, 11) is 0. The molecule has 2 saturated carbocycles. The molecule has 1 aromatic carbocycles. The van der Waals surface area contributed by atoms with Crippen LogP contribution in [0.15, 0.2) is 24.3 Å². The maximum atomic E-state index is 4.22. The summed E-state index contributed by atoms with van der Waals surface area (Å²) in [5.41, 5.74) is 2.93. The van der Waals surface area contributed by atoms with Gasteiger partial charge in [-0.25, -0.2) is 0 Å². The van der Waals surface area contributed by atoms with E-state index < -0.39 is 0 Å². The van der Waals surface area contributed by atoms with Gasteiger partial charge in [0, 0.05) is 5.75 Å². The molecule has 0 atom stereocenters. The molecule has 190 valence electrons. The second-order valence-corrected chi connectivity index (χ2v) is 10.7. The number of hydrogen-bond donors (Lipinski definition) is 1. The van der Waals surface area contributed by atoms with Crippen LogP contribution in [0.5, 0.6) is 0 Å². The van der Waals surface area contributed by atoms with Crippen molar-refractivity contribution >= 4 is 12.6 Å². The molecule has 3 rings (SSSR count). The fourth-order valence-electron chi connectivity index (χ4n) is 3.92. The van der Waals surface area contributed by atoms with Crippen molar-refractivity contribution in [2.75, 3.05) is 0 Å². The zero-order chi connectivity index (χ0) is 25.0. The van der Waals surface area contributed by atoms with E-state index in [1.807, 2.05) is 0 Å². The van der Waals surface area contributed by atoms with Crippen molar-refractivity contribution in [2.45, 2.75) is 101 Å². The van der Waals surface area contributed by atoms with E-state index in [0.717, 1.165) is 5.75 Å². The van der Waals surface area contributed by atoms with Gasteiger partial charge in [0.25, 0.3) is 0 Å². The van der Waals surface area contributed by atoms with E-state index >= 15 is 0 Å². The van der Waals surface area contributed by atoms with Gasteiger partial charge in [0.05, 0.1) is 0 Å². The van der Waals surface area contributed by atoms with Crippen molar-refractivity contribution in [2.24, 2.45) is 0 Å². The van der Waals surface area contributed by atoms with Crippen LogP contribution in [0.2, 0.25) is 0 Å². The first-order valence-corrected chi connectivity index (χ1v) is 12.4. The molecule has 0 aliphatic heterocycles. The molecule has 34 heavy (non-hydrogen) atoms. The van der Waals surface area contributed by atoms with Gasteiger partial charge in [0.15, 0.2) is 0 Å². The average Bonchev–Trinajstić information content (AvgIpc) is 3.04. The van der Waals surface area contributed by atoms with Gasteiger partial charge in [0.1, 0.15) is 0 Å². The summed E-state index contributed by atoms with van der Waals surface area (Å²) >= 11 is 4.22. The Balaban J connectivity index is 0. The molecule has 3 heteroatoms. The summed E-state index contributed by atoms with van der Waals surface area (Å²) in [5.74, 6) is 15.5. The van der Waals surface area contributed by atoms with E-state index in [2.05, 4.69) is 127 Å². The predicted molar refractivity (Wildman–Crippen MR) is 147 cm³/mol. The van der Waals surface area contributed by atoms with E-state index in [1.54, 1.807) is 0 Å². The number of rotatable bonds is 1. The van der Waals surface area contributed by atoms with Crippen molar-refractivity contribution in [1.82, 2.24) is 0 Å². The van der Waals surface area contributed by atoms with E-state index in [1.165, 1.54) is 70.3 Å². The molecule has 0 saturated heterocycles. The monoisotopic (exact) mass is 678 g/mol. The van der Waals surface area contributed by atoms with Crippen LogP contribution in [-0.4, -0.2) is 0 Å². The standard InChI is InChI=1S/C11H16S.2C10H15.ClH.Ir/c1-11(2,3)10-6-4-9(8-12)5-7-10;2*1-6-7(2)9(4)10(5)8(6)3;;/h4-7,12H,8H2,1-3H3;2*1-5H3;1H;/q;;;;+3/p-1. The SMILES string of the molecule is CC(C)(C)c1ccc(CS)cc1.C[C]1[C](C)[C](C)[C](C)[C]1C.C[C]1[C](C)[C](C)[C](C)[C]1C.[Cl-].[Ir+3]. The first kappa shape index (κ1) is 36.7. The third-order valence-electron chi connectivity index (χ3n) is 7.63. The van der Waals surface area contributed by atoms with E-state index in [9.17, 15) is 0 Å². The third kappa shape index (κ3) is 9.43. The van der Waals surface area contributed by atoms with Crippen molar-refractivity contribution in [3.8, 4) is 0 Å². The van der Waals surface area contributed by atoms with Crippen LogP contribution in [0.1, 0.15) is 101 Å². The number of benzene rings is 1. The Morgan fingerprint density at radius 3 is 0.853 bits per heavy atom. The summed E-state index contributed by atoms with van der Waals surface area (Å²) in [6, 6.07) is 8.66. The molecule has 0 unspecified atom stereocenters. The van der Waals surface area contributed by atoms with Crippen molar-refractivity contribution in [3.05, 3.63) is 94.6 Å². The van der Waals surface area contributed by atoms with Crippen LogP contribution in [0.3, 0.4) is 0 Å². The number of halogens is 1. The van der Waals surface area contributed by atoms with Crippen LogP contribution in [0, 0.1) is 59.2 Å². The molecule has 0 N–H and O–H groups in total. The van der Waals surface area contributed by atoms with Crippen molar-refractivity contribution < 1.29 is 32.5 Å². The first-order chi connectivity index (χ1) is 14.6. The summed E-state index contributed by atoms with van der Waals surface area (Å²) in [6.45, 7) is 28.7. The summed E-state index contributed by atoms with van der Waals surface area (Å²) in [4.78, 5) is 0. The minimum Gasteiger partial charge on any atom is -1.00 e. The minimum absolute atomic E-state index is 0. The molecule has 2 aliphatic carbocycles. The first-order valence-electron chi connectivity index (χ1n) is 11.7. The van der Waals surface area contributed by atoms with E-state index in [4.69, 9.17) is 0 Å². The second-order valence-electron chi connectivity index (χ2n) is 10.4. The van der Waals surface area contributed by atoms with Gasteiger partial charge in [-0.1, -0.05) is 114 Å². The Kier molecular flexibility index (Phi) is 16.9. The average molecular weight is 678 g/mol. The van der Waals surface area contributed by atoms with E-state index in [-0.39, 0.29) is 37.9 Å². The summed E-state index contributed by atoms with van der Waals surface area (Å²) in [6.07, 6.45) is 0. The Bertz CT molecular complexity index is 547. The topological polar surface area (TPSA) is 0 Å². The quantitative estimate of drug-likeness (QED) is 0.329. The molecular weight excluding hydrogens is 632 g/mol. The second kappa shape index (κ2) is 15.7. The van der Waals surface area contributed by atoms with Crippen LogP contribution in [-0.2, 0) is 31.3 Å². The molecule has 0 aromatic heterocycles. The van der Waals surface area contributed by atoms with Crippen molar-refractivity contribution in [3.63, 3.8) is 0 Å². The normalized spacial score (nSPS) is 20.9. The van der Waals surface area contributed by atoms with Gasteiger partial charge in [-0.2, -0.15) is 12.6 Å². The minimum atomic E-state index is 0. The van der Waals surface area contributed by atoms with E-state index in [0.29, 0.717) is 0 Å². The summed E-state index contributed by atoms with van der Waals surface area (Å²) < 4.78 is 0. The maximum Gasteiger partial charge on any atom is 3.00 e. The van der Waals surface area contributed by atoms with Gasteiger partial charge in [0.2, 0.25) is 0 Å². The largest absolute Gasteiger partial charge is 3.00 e. The molecule has 0 nitrogen and oxygen atoms in total. The zero-order valence-electron chi connectivity index (χ0n) is 23.7. The summed E-state index contributed by atoms with van der Waals surface area (Å²) in [5, 5.41) is 0. The Morgan fingerprint density at radius 1 is 0.500 bits per heavy atom. The van der Waals surface area contributed by atoms with Gasteiger partial charge in [-0.3, -0.25) is 0 Å². The van der Waals surface area contributed by atoms with Gasteiger partial charge in [-0.15, -0.1) is 0 Å². The molecule has 0 amide bonds. The van der Waals surface area contributed by atoms with Crippen LogP contribution < -0.4 is 12.4 Å². The molecule has 0 spiro atoms. The fraction of sp³-hybridized carbons (Fsp3) is 0.484. The molecule has 1 aromatic rings. The number of thiol groups is 1. The van der Waals surface area contributed by atoms with Gasteiger partial charge in [-0.05, 0) is 75.7 Å². The Hall–Kier alpha value is 0.509. The molecular formula is C31H46ClIrS+2. The zero-order valence-corrected chi connectivity index (χ0v) is 27.7. The van der Waals surface area contributed by atoms with Gasteiger partial charge < -0.3 is 12.4 Å². The third-order valence-corrected chi connectivity index (χ3v) is 7.99. The molecule has 10 radical (unpaired) electrons. The molecule has 2 aliphatic rings. The van der Waals surface area contributed by atoms with Crippen LogP contribution >= 0.6 is 12.6 Å². The van der Waals surface area contributed by atoms with Crippen LogP contribution in [0.25, 0.3) is 0 Å².